The number of aryl methyl sites for hydroxylation is 1. The van der Waals surface area contributed by atoms with E-state index < -0.39 is 0 Å². The maximum Gasteiger partial charge on any atom is 0.336 e. The SMILES string of the molecule is Cc1cc2oc(=O)cc(CSc3nnc(N)s3)c2cc1Cl. The topological polar surface area (TPSA) is 82.0 Å². The quantitative estimate of drug-likeness (QED) is 0.581. The smallest absolute Gasteiger partial charge is 0.336 e. The fourth-order valence-corrected chi connectivity index (χ4v) is 3.68. The molecule has 0 atom stereocenters. The molecule has 2 aromatic heterocycles. The highest BCUT2D eigenvalue weighted by Crippen LogP contribution is 2.31. The maximum absolute atomic E-state index is 11.7. The van der Waals surface area contributed by atoms with Crippen LogP contribution in [0.15, 0.2) is 31.8 Å². The summed E-state index contributed by atoms with van der Waals surface area (Å²) in [6.07, 6.45) is 0. The third-order valence-corrected chi connectivity index (χ3v) is 5.22. The van der Waals surface area contributed by atoms with E-state index in [9.17, 15) is 4.79 Å². The molecule has 0 spiro atoms. The first-order valence-corrected chi connectivity index (χ1v) is 8.15. The minimum Gasteiger partial charge on any atom is -0.423 e. The summed E-state index contributed by atoms with van der Waals surface area (Å²) in [6.45, 7) is 1.87. The number of aromatic nitrogens is 2. The van der Waals surface area contributed by atoms with Crippen molar-refractivity contribution in [1.82, 2.24) is 10.2 Å². The standard InChI is InChI=1S/C13H10ClN3O2S2/c1-6-2-10-8(4-9(6)14)7(3-11(18)19-10)5-20-13-17-16-12(15)21-13/h2-4H,5H2,1H3,(H2,15,16). The predicted octanol–water partition coefficient (Wildman–Crippen LogP) is 3.48. The van der Waals surface area contributed by atoms with E-state index in [1.807, 2.05) is 13.0 Å². The Kier molecular flexibility index (Phi) is 3.88. The summed E-state index contributed by atoms with van der Waals surface area (Å²) in [6, 6.07) is 5.07. The monoisotopic (exact) mass is 339 g/mol. The first-order chi connectivity index (χ1) is 10.0. The number of thioether (sulfide) groups is 1. The average molecular weight is 340 g/mol. The summed E-state index contributed by atoms with van der Waals surface area (Å²) >= 11 is 8.94. The number of halogens is 1. The van der Waals surface area contributed by atoms with E-state index in [0.717, 1.165) is 20.9 Å². The Balaban J connectivity index is 2.00. The summed E-state index contributed by atoms with van der Waals surface area (Å²) in [4.78, 5) is 11.7. The van der Waals surface area contributed by atoms with Crippen LogP contribution in [0.2, 0.25) is 5.02 Å². The second kappa shape index (κ2) is 5.67. The molecule has 0 aliphatic heterocycles. The summed E-state index contributed by atoms with van der Waals surface area (Å²) in [5.41, 5.74) is 7.43. The Morgan fingerprint density at radius 2 is 2.19 bits per heavy atom. The first kappa shape index (κ1) is 14.4. The number of nitrogens with two attached hydrogens (primary N) is 1. The lowest BCUT2D eigenvalue weighted by Crippen LogP contribution is -2.00. The highest BCUT2D eigenvalue weighted by Gasteiger charge is 2.10. The molecule has 3 aromatic rings. The number of hydrogen-bond acceptors (Lipinski definition) is 7. The molecule has 3 rings (SSSR count). The molecule has 0 amide bonds. The average Bonchev–Trinajstić information content (AvgIpc) is 2.84. The largest absolute Gasteiger partial charge is 0.423 e. The zero-order chi connectivity index (χ0) is 15.0. The van der Waals surface area contributed by atoms with Crippen LogP contribution in [0.3, 0.4) is 0 Å². The fourth-order valence-electron chi connectivity index (χ4n) is 1.89. The van der Waals surface area contributed by atoms with Crippen LogP contribution < -0.4 is 11.4 Å². The number of benzene rings is 1. The third-order valence-electron chi connectivity index (χ3n) is 2.88. The highest BCUT2D eigenvalue weighted by atomic mass is 35.5. The molecule has 8 heteroatoms. The molecular weight excluding hydrogens is 330 g/mol. The van der Waals surface area contributed by atoms with Gasteiger partial charge in [0.2, 0.25) is 5.13 Å². The number of nitrogen functional groups attached to an aromatic ring is 1. The van der Waals surface area contributed by atoms with Gasteiger partial charge < -0.3 is 10.2 Å². The van der Waals surface area contributed by atoms with Gasteiger partial charge in [-0.25, -0.2) is 4.79 Å². The van der Waals surface area contributed by atoms with Crippen LogP contribution in [0.4, 0.5) is 5.13 Å². The summed E-state index contributed by atoms with van der Waals surface area (Å²) in [5.74, 6) is 0.566. The van der Waals surface area contributed by atoms with Crippen molar-refractivity contribution in [3.63, 3.8) is 0 Å². The normalized spacial score (nSPS) is 11.1. The Bertz CT molecular complexity index is 875. The van der Waals surface area contributed by atoms with Crippen molar-refractivity contribution in [2.24, 2.45) is 0 Å². The van der Waals surface area contributed by atoms with E-state index in [-0.39, 0.29) is 5.63 Å². The van der Waals surface area contributed by atoms with Crippen LogP contribution in [-0.4, -0.2) is 10.2 Å². The Morgan fingerprint density at radius 3 is 2.90 bits per heavy atom. The van der Waals surface area contributed by atoms with Crippen molar-refractivity contribution in [2.45, 2.75) is 17.0 Å². The van der Waals surface area contributed by atoms with Crippen molar-refractivity contribution in [3.05, 3.63) is 44.8 Å². The maximum atomic E-state index is 11.7. The molecule has 21 heavy (non-hydrogen) atoms. The minimum absolute atomic E-state index is 0.378. The lowest BCUT2D eigenvalue weighted by Gasteiger charge is -2.06. The van der Waals surface area contributed by atoms with Gasteiger partial charge in [0, 0.05) is 22.2 Å². The van der Waals surface area contributed by atoms with Gasteiger partial charge in [0.25, 0.3) is 0 Å². The fraction of sp³-hybridized carbons (Fsp3) is 0.154. The predicted molar refractivity (Wildman–Crippen MR) is 86.1 cm³/mol. The number of rotatable bonds is 3. The second-order valence-electron chi connectivity index (χ2n) is 4.38. The van der Waals surface area contributed by atoms with Crippen LogP contribution >= 0.6 is 34.7 Å². The zero-order valence-electron chi connectivity index (χ0n) is 10.9. The van der Waals surface area contributed by atoms with Crippen LogP contribution in [0.25, 0.3) is 11.0 Å². The van der Waals surface area contributed by atoms with Gasteiger partial charge in [0.05, 0.1) is 0 Å². The zero-order valence-corrected chi connectivity index (χ0v) is 13.3. The molecule has 0 saturated carbocycles. The van der Waals surface area contributed by atoms with E-state index >= 15 is 0 Å². The van der Waals surface area contributed by atoms with Crippen LogP contribution in [0.5, 0.6) is 0 Å². The van der Waals surface area contributed by atoms with Gasteiger partial charge in [0.15, 0.2) is 4.34 Å². The van der Waals surface area contributed by atoms with Gasteiger partial charge >= 0.3 is 5.63 Å². The van der Waals surface area contributed by atoms with Gasteiger partial charge in [-0.05, 0) is 30.2 Å². The van der Waals surface area contributed by atoms with Gasteiger partial charge in [0.1, 0.15) is 5.58 Å². The molecule has 0 aliphatic rings. The molecule has 0 radical (unpaired) electrons. The summed E-state index contributed by atoms with van der Waals surface area (Å²) in [7, 11) is 0. The number of anilines is 1. The van der Waals surface area contributed by atoms with Crippen molar-refractivity contribution < 1.29 is 4.42 Å². The summed E-state index contributed by atoms with van der Waals surface area (Å²) in [5, 5.41) is 9.60. The Morgan fingerprint density at radius 1 is 1.38 bits per heavy atom. The first-order valence-electron chi connectivity index (χ1n) is 5.97. The molecule has 1 aromatic carbocycles. The number of fused-ring (bicyclic) bond motifs is 1. The van der Waals surface area contributed by atoms with Crippen LogP contribution in [-0.2, 0) is 5.75 Å². The second-order valence-corrected chi connectivity index (χ2v) is 7.02. The van der Waals surface area contributed by atoms with E-state index in [4.69, 9.17) is 21.8 Å². The lowest BCUT2D eigenvalue weighted by atomic mass is 10.1. The molecule has 2 heterocycles. The van der Waals surface area contributed by atoms with E-state index in [1.165, 1.54) is 29.2 Å². The van der Waals surface area contributed by atoms with Crippen molar-refractivity contribution in [3.8, 4) is 0 Å². The van der Waals surface area contributed by atoms with Crippen molar-refractivity contribution >= 4 is 50.8 Å². The molecule has 2 N–H and O–H groups in total. The molecular formula is C13H10ClN3O2S2. The van der Waals surface area contributed by atoms with Crippen molar-refractivity contribution in [1.29, 1.82) is 0 Å². The van der Waals surface area contributed by atoms with Crippen LogP contribution in [0, 0.1) is 6.92 Å². The third kappa shape index (κ3) is 3.04. The molecule has 5 nitrogen and oxygen atoms in total. The summed E-state index contributed by atoms with van der Waals surface area (Å²) < 4.78 is 5.98. The molecule has 0 bridgehead atoms. The van der Waals surface area contributed by atoms with E-state index in [0.29, 0.717) is 21.5 Å². The van der Waals surface area contributed by atoms with Gasteiger partial charge in [-0.2, -0.15) is 0 Å². The molecule has 0 saturated heterocycles. The van der Waals surface area contributed by atoms with Gasteiger partial charge in [-0.15, -0.1) is 10.2 Å². The van der Waals surface area contributed by atoms with E-state index in [2.05, 4.69) is 10.2 Å². The Hall–Kier alpha value is -1.57. The molecule has 0 unspecified atom stereocenters. The van der Waals surface area contributed by atoms with E-state index in [1.54, 1.807) is 6.07 Å². The number of nitrogens with zero attached hydrogens (tertiary/aromatic N) is 2. The lowest BCUT2D eigenvalue weighted by molar-refractivity contribution is 0.559. The highest BCUT2D eigenvalue weighted by molar-refractivity contribution is 8.00. The Labute approximate surface area is 133 Å². The van der Waals surface area contributed by atoms with Gasteiger partial charge in [-0.3, -0.25) is 0 Å². The molecule has 0 fully saturated rings. The minimum atomic E-state index is -0.378. The molecule has 108 valence electrons. The van der Waals surface area contributed by atoms with Crippen LogP contribution in [0.1, 0.15) is 11.1 Å². The van der Waals surface area contributed by atoms with Gasteiger partial charge in [-0.1, -0.05) is 34.7 Å². The molecule has 0 aliphatic carbocycles. The number of hydrogen-bond donors (Lipinski definition) is 1. The van der Waals surface area contributed by atoms with Crippen molar-refractivity contribution in [2.75, 3.05) is 5.73 Å².